The molecule has 1 saturated heterocycles. The van der Waals surface area contributed by atoms with Crippen LogP contribution < -0.4 is 0 Å². The molecular formula is C7H13NO. The Bertz CT molecular complexity index is 116. The second kappa shape index (κ2) is 2.38. The molecule has 0 aromatic carbocycles. The van der Waals surface area contributed by atoms with Crippen LogP contribution in [0, 0.1) is 5.92 Å². The van der Waals surface area contributed by atoms with E-state index < -0.39 is 0 Å². The molecule has 1 amide bonds. The fourth-order valence-electron chi connectivity index (χ4n) is 1.09. The zero-order chi connectivity index (χ0) is 6.85. The van der Waals surface area contributed by atoms with Crippen molar-refractivity contribution in [3.8, 4) is 0 Å². The summed E-state index contributed by atoms with van der Waals surface area (Å²) in [5.74, 6) is 1.01. The van der Waals surface area contributed by atoms with E-state index in [9.17, 15) is 4.79 Å². The van der Waals surface area contributed by atoms with E-state index >= 15 is 0 Å². The van der Waals surface area contributed by atoms with Crippen LogP contribution in [0.1, 0.15) is 20.3 Å². The lowest BCUT2D eigenvalue weighted by Crippen LogP contribution is -2.48. The number of carbonyl (C=O) groups is 1. The molecule has 0 spiro atoms. The summed E-state index contributed by atoms with van der Waals surface area (Å²) in [7, 11) is 0. The van der Waals surface area contributed by atoms with Crippen molar-refractivity contribution in [3.05, 3.63) is 0 Å². The molecule has 1 aliphatic heterocycles. The molecule has 0 aliphatic carbocycles. The van der Waals surface area contributed by atoms with E-state index in [4.69, 9.17) is 0 Å². The molecule has 0 bridgehead atoms. The van der Waals surface area contributed by atoms with Gasteiger partial charge in [0.05, 0.1) is 0 Å². The monoisotopic (exact) mass is 127 g/mol. The first-order valence-electron chi connectivity index (χ1n) is 3.49. The van der Waals surface area contributed by atoms with E-state index in [0.717, 1.165) is 19.0 Å². The Morgan fingerprint density at radius 1 is 1.67 bits per heavy atom. The maximum atomic E-state index is 10.6. The van der Waals surface area contributed by atoms with Crippen molar-refractivity contribution < 1.29 is 4.79 Å². The molecule has 0 atom stereocenters. The Kier molecular flexibility index (Phi) is 1.74. The fraction of sp³-hybridized carbons (Fsp3) is 0.857. The average Bonchev–Trinajstić information content (AvgIpc) is 1.61. The normalized spacial score (nSPS) is 19.6. The van der Waals surface area contributed by atoms with Gasteiger partial charge in [-0.3, -0.25) is 4.79 Å². The number of rotatable bonds is 1. The predicted octanol–water partition coefficient (Wildman–Crippen LogP) is 0.875. The van der Waals surface area contributed by atoms with Gasteiger partial charge >= 0.3 is 0 Å². The molecule has 0 aromatic rings. The number of likely N-dealkylation sites (tertiary alicyclic amines) is 1. The van der Waals surface area contributed by atoms with Crippen LogP contribution in [-0.4, -0.2) is 23.9 Å². The predicted molar refractivity (Wildman–Crippen MR) is 36.0 cm³/mol. The maximum absolute atomic E-state index is 10.6. The number of hydrogen-bond donors (Lipinski definition) is 0. The topological polar surface area (TPSA) is 20.3 Å². The van der Waals surface area contributed by atoms with Gasteiger partial charge in [-0.05, 0) is 12.3 Å². The molecule has 0 saturated carbocycles. The summed E-state index contributed by atoms with van der Waals surface area (Å²) in [5.41, 5.74) is 0. The summed E-state index contributed by atoms with van der Waals surface area (Å²) < 4.78 is 0. The second-order valence-electron chi connectivity index (χ2n) is 2.70. The largest absolute Gasteiger partial charge is 0.342 e. The molecule has 0 radical (unpaired) electrons. The lowest BCUT2D eigenvalue weighted by molar-refractivity contribution is -0.135. The first kappa shape index (κ1) is 6.59. The second-order valence-corrected chi connectivity index (χ2v) is 2.70. The SMILES string of the molecule is CCC1CN(C(C)=O)C1. The molecule has 1 rings (SSSR count). The van der Waals surface area contributed by atoms with E-state index in [2.05, 4.69) is 6.92 Å². The maximum Gasteiger partial charge on any atom is 0.219 e. The molecule has 1 aliphatic rings. The Labute approximate surface area is 55.8 Å². The Morgan fingerprint density at radius 2 is 2.22 bits per heavy atom. The highest BCUT2D eigenvalue weighted by molar-refractivity contribution is 5.74. The van der Waals surface area contributed by atoms with Crippen LogP contribution >= 0.6 is 0 Å². The lowest BCUT2D eigenvalue weighted by atomic mass is 9.98. The van der Waals surface area contributed by atoms with Crippen molar-refractivity contribution in [2.45, 2.75) is 20.3 Å². The number of amides is 1. The molecule has 9 heavy (non-hydrogen) atoms. The summed E-state index contributed by atoms with van der Waals surface area (Å²) >= 11 is 0. The van der Waals surface area contributed by atoms with Gasteiger partial charge in [-0.2, -0.15) is 0 Å². The molecule has 52 valence electrons. The highest BCUT2D eigenvalue weighted by Crippen LogP contribution is 2.17. The smallest absolute Gasteiger partial charge is 0.219 e. The van der Waals surface area contributed by atoms with E-state index in [1.165, 1.54) is 6.42 Å². The standard InChI is InChI=1S/C7H13NO/c1-3-7-4-8(5-7)6(2)9/h7H,3-5H2,1-2H3. The molecule has 2 nitrogen and oxygen atoms in total. The van der Waals surface area contributed by atoms with E-state index in [1.54, 1.807) is 6.92 Å². The fourth-order valence-corrected chi connectivity index (χ4v) is 1.09. The first-order valence-corrected chi connectivity index (χ1v) is 3.49. The van der Waals surface area contributed by atoms with Crippen LogP contribution in [0.3, 0.4) is 0 Å². The summed E-state index contributed by atoms with van der Waals surface area (Å²) in [6.45, 7) is 5.78. The molecular weight excluding hydrogens is 114 g/mol. The third kappa shape index (κ3) is 1.23. The minimum atomic E-state index is 0.222. The van der Waals surface area contributed by atoms with Gasteiger partial charge in [-0.15, -0.1) is 0 Å². The summed E-state index contributed by atoms with van der Waals surface area (Å²) in [4.78, 5) is 12.5. The van der Waals surface area contributed by atoms with Crippen LogP contribution in [0.15, 0.2) is 0 Å². The number of nitrogens with zero attached hydrogens (tertiary/aromatic N) is 1. The van der Waals surface area contributed by atoms with Gasteiger partial charge in [0.25, 0.3) is 0 Å². The van der Waals surface area contributed by atoms with E-state index in [1.807, 2.05) is 4.90 Å². The van der Waals surface area contributed by atoms with Crippen molar-refractivity contribution >= 4 is 5.91 Å². The Hall–Kier alpha value is -0.530. The van der Waals surface area contributed by atoms with Gasteiger partial charge in [-0.25, -0.2) is 0 Å². The van der Waals surface area contributed by atoms with Crippen molar-refractivity contribution in [1.29, 1.82) is 0 Å². The first-order chi connectivity index (χ1) is 4.24. The van der Waals surface area contributed by atoms with Crippen LogP contribution in [0.4, 0.5) is 0 Å². The molecule has 0 aromatic heterocycles. The van der Waals surface area contributed by atoms with Gasteiger partial charge in [0.15, 0.2) is 0 Å². The van der Waals surface area contributed by atoms with Crippen molar-refractivity contribution in [2.24, 2.45) is 5.92 Å². The lowest BCUT2D eigenvalue weighted by Gasteiger charge is -2.38. The quantitative estimate of drug-likeness (QED) is 0.512. The van der Waals surface area contributed by atoms with Gasteiger partial charge in [0.1, 0.15) is 0 Å². The third-order valence-electron chi connectivity index (χ3n) is 1.98. The zero-order valence-electron chi connectivity index (χ0n) is 6.05. The third-order valence-corrected chi connectivity index (χ3v) is 1.98. The minimum absolute atomic E-state index is 0.222. The molecule has 2 heteroatoms. The highest BCUT2D eigenvalue weighted by atomic mass is 16.2. The highest BCUT2D eigenvalue weighted by Gasteiger charge is 2.26. The van der Waals surface area contributed by atoms with E-state index in [0.29, 0.717) is 0 Å². The Balaban J connectivity index is 2.19. The molecule has 1 fully saturated rings. The van der Waals surface area contributed by atoms with Gasteiger partial charge in [0.2, 0.25) is 5.91 Å². The van der Waals surface area contributed by atoms with Crippen LogP contribution in [0.2, 0.25) is 0 Å². The summed E-state index contributed by atoms with van der Waals surface area (Å²) in [6, 6.07) is 0. The molecule has 1 heterocycles. The minimum Gasteiger partial charge on any atom is -0.342 e. The molecule has 0 unspecified atom stereocenters. The number of hydrogen-bond acceptors (Lipinski definition) is 1. The van der Waals surface area contributed by atoms with Crippen LogP contribution in [0.25, 0.3) is 0 Å². The van der Waals surface area contributed by atoms with Gasteiger partial charge in [0, 0.05) is 20.0 Å². The van der Waals surface area contributed by atoms with Crippen molar-refractivity contribution in [3.63, 3.8) is 0 Å². The van der Waals surface area contributed by atoms with Gasteiger partial charge in [-0.1, -0.05) is 6.92 Å². The summed E-state index contributed by atoms with van der Waals surface area (Å²) in [5, 5.41) is 0. The average molecular weight is 127 g/mol. The summed E-state index contributed by atoms with van der Waals surface area (Å²) in [6.07, 6.45) is 1.21. The van der Waals surface area contributed by atoms with Crippen LogP contribution in [-0.2, 0) is 4.79 Å². The van der Waals surface area contributed by atoms with E-state index in [-0.39, 0.29) is 5.91 Å². The van der Waals surface area contributed by atoms with Crippen molar-refractivity contribution in [2.75, 3.05) is 13.1 Å². The molecule has 0 N–H and O–H groups in total. The van der Waals surface area contributed by atoms with Crippen molar-refractivity contribution in [1.82, 2.24) is 4.90 Å². The Morgan fingerprint density at radius 3 is 2.56 bits per heavy atom. The zero-order valence-corrected chi connectivity index (χ0v) is 6.05. The van der Waals surface area contributed by atoms with Gasteiger partial charge < -0.3 is 4.90 Å². The number of carbonyl (C=O) groups excluding carboxylic acids is 1. The van der Waals surface area contributed by atoms with Crippen LogP contribution in [0.5, 0.6) is 0 Å².